The van der Waals surface area contributed by atoms with E-state index in [4.69, 9.17) is 9.84 Å². The van der Waals surface area contributed by atoms with E-state index in [9.17, 15) is 9.59 Å². The monoisotopic (exact) mass is 238 g/mol. The Hall–Kier alpha value is -2.04. The van der Waals surface area contributed by atoms with Crippen molar-refractivity contribution in [2.45, 2.75) is 6.42 Å². The van der Waals surface area contributed by atoms with Crippen LogP contribution >= 0.6 is 0 Å². The van der Waals surface area contributed by atoms with Gasteiger partial charge < -0.3 is 14.6 Å². The Bertz CT molecular complexity index is 413. The zero-order valence-corrected chi connectivity index (χ0v) is 9.67. The second-order valence-corrected chi connectivity index (χ2v) is 3.47. The predicted molar refractivity (Wildman–Crippen MR) is 59.8 cm³/mol. The lowest BCUT2D eigenvalue weighted by molar-refractivity contribution is -0.156. The van der Waals surface area contributed by atoms with Gasteiger partial charge in [-0.25, -0.2) is 0 Å². The average molecular weight is 238 g/mol. The average Bonchev–Trinajstić information content (AvgIpc) is 2.35. The summed E-state index contributed by atoms with van der Waals surface area (Å²) in [6, 6.07) is 6.92. The van der Waals surface area contributed by atoms with Crippen LogP contribution < -0.4 is 4.74 Å². The second kappa shape index (κ2) is 5.89. The van der Waals surface area contributed by atoms with Crippen LogP contribution in [0.25, 0.3) is 0 Å². The van der Waals surface area contributed by atoms with Gasteiger partial charge in [0.1, 0.15) is 5.75 Å². The Balaban J connectivity index is 2.85. The molecule has 0 saturated heterocycles. The summed E-state index contributed by atoms with van der Waals surface area (Å²) < 4.78 is 9.47. The first-order valence-corrected chi connectivity index (χ1v) is 5.02. The van der Waals surface area contributed by atoms with Gasteiger partial charge in [0.25, 0.3) is 0 Å². The van der Waals surface area contributed by atoms with Gasteiger partial charge in [0, 0.05) is 0 Å². The van der Waals surface area contributed by atoms with Crippen molar-refractivity contribution < 1.29 is 24.2 Å². The Morgan fingerprint density at radius 2 is 2.06 bits per heavy atom. The number of carbonyl (C=O) groups is 2. The normalized spacial score (nSPS) is 11.6. The third-order valence-electron chi connectivity index (χ3n) is 2.36. The highest BCUT2D eigenvalue weighted by Gasteiger charge is 2.27. The van der Waals surface area contributed by atoms with Gasteiger partial charge >= 0.3 is 11.9 Å². The van der Waals surface area contributed by atoms with Crippen molar-refractivity contribution in [3.8, 4) is 5.75 Å². The number of carboxylic acid groups (broad SMARTS) is 1. The lowest BCUT2D eigenvalue weighted by atomic mass is 9.99. The summed E-state index contributed by atoms with van der Waals surface area (Å²) >= 11 is 0. The summed E-state index contributed by atoms with van der Waals surface area (Å²) in [5.74, 6) is -2.51. The summed E-state index contributed by atoms with van der Waals surface area (Å²) in [4.78, 5) is 22.2. The topological polar surface area (TPSA) is 72.8 Å². The summed E-state index contributed by atoms with van der Waals surface area (Å²) in [5, 5.41) is 8.93. The molecule has 1 unspecified atom stereocenters. The van der Waals surface area contributed by atoms with E-state index in [1.807, 2.05) is 0 Å². The second-order valence-electron chi connectivity index (χ2n) is 3.47. The highest BCUT2D eigenvalue weighted by atomic mass is 16.5. The first kappa shape index (κ1) is 13.0. The van der Waals surface area contributed by atoms with E-state index in [0.717, 1.165) is 0 Å². The van der Waals surface area contributed by atoms with Gasteiger partial charge in [-0.1, -0.05) is 12.1 Å². The van der Waals surface area contributed by atoms with Crippen LogP contribution in [-0.2, 0) is 20.7 Å². The van der Waals surface area contributed by atoms with Crippen LogP contribution in [-0.4, -0.2) is 31.3 Å². The largest absolute Gasteiger partial charge is 0.497 e. The third-order valence-corrected chi connectivity index (χ3v) is 2.36. The van der Waals surface area contributed by atoms with Crippen LogP contribution in [0.5, 0.6) is 5.75 Å². The van der Waals surface area contributed by atoms with Crippen LogP contribution in [0.3, 0.4) is 0 Å². The Morgan fingerprint density at radius 1 is 1.35 bits per heavy atom. The predicted octanol–water partition coefficient (Wildman–Crippen LogP) is 1.11. The zero-order valence-electron chi connectivity index (χ0n) is 9.67. The van der Waals surface area contributed by atoms with E-state index >= 15 is 0 Å². The van der Waals surface area contributed by atoms with Crippen LogP contribution in [0.1, 0.15) is 5.56 Å². The van der Waals surface area contributed by atoms with Gasteiger partial charge in [-0.05, 0) is 24.1 Å². The maximum absolute atomic E-state index is 11.3. The molecule has 1 aromatic carbocycles. The van der Waals surface area contributed by atoms with Gasteiger partial charge in [0.2, 0.25) is 0 Å². The molecule has 0 spiro atoms. The number of carbonyl (C=O) groups excluding carboxylic acids is 1. The molecule has 0 heterocycles. The van der Waals surface area contributed by atoms with Gasteiger partial charge in [-0.3, -0.25) is 9.59 Å². The van der Waals surface area contributed by atoms with E-state index in [1.165, 1.54) is 14.2 Å². The molecule has 5 heteroatoms. The first-order chi connectivity index (χ1) is 8.08. The van der Waals surface area contributed by atoms with Crippen molar-refractivity contribution in [2.75, 3.05) is 14.2 Å². The SMILES string of the molecule is COC(=O)C(Cc1cccc(OC)c1)C(=O)O. The van der Waals surface area contributed by atoms with Crippen LogP contribution in [0, 0.1) is 5.92 Å². The fourth-order valence-electron chi connectivity index (χ4n) is 1.45. The maximum Gasteiger partial charge on any atom is 0.320 e. The van der Waals surface area contributed by atoms with Crippen molar-refractivity contribution in [3.05, 3.63) is 29.8 Å². The molecule has 1 aromatic rings. The van der Waals surface area contributed by atoms with Crippen LogP contribution in [0.2, 0.25) is 0 Å². The molecule has 0 aliphatic heterocycles. The molecule has 0 radical (unpaired) electrons. The molecule has 0 fully saturated rings. The molecule has 5 nitrogen and oxygen atoms in total. The molecule has 0 saturated carbocycles. The minimum atomic E-state index is -1.19. The molecular weight excluding hydrogens is 224 g/mol. The maximum atomic E-state index is 11.3. The Kier molecular flexibility index (Phi) is 4.51. The van der Waals surface area contributed by atoms with Gasteiger partial charge in [-0.15, -0.1) is 0 Å². The van der Waals surface area contributed by atoms with Crippen LogP contribution in [0.4, 0.5) is 0 Å². The van der Waals surface area contributed by atoms with Gasteiger partial charge in [0.05, 0.1) is 14.2 Å². The number of carboxylic acids is 1. The molecule has 1 N–H and O–H groups in total. The molecule has 0 aliphatic carbocycles. The molecule has 1 rings (SSSR count). The van der Waals surface area contributed by atoms with Gasteiger partial charge in [-0.2, -0.15) is 0 Å². The number of esters is 1. The highest BCUT2D eigenvalue weighted by molar-refractivity contribution is 5.94. The number of hydrogen-bond acceptors (Lipinski definition) is 4. The highest BCUT2D eigenvalue weighted by Crippen LogP contribution is 2.17. The van der Waals surface area contributed by atoms with Crippen molar-refractivity contribution in [1.29, 1.82) is 0 Å². The third kappa shape index (κ3) is 3.48. The number of rotatable bonds is 5. The molecule has 0 amide bonds. The smallest absolute Gasteiger partial charge is 0.320 e. The number of methoxy groups -OCH3 is 2. The van der Waals surface area contributed by atoms with Crippen molar-refractivity contribution in [3.63, 3.8) is 0 Å². The summed E-state index contributed by atoms with van der Waals surface area (Å²) in [6.07, 6.45) is 0.0825. The fourth-order valence-corrected chi connectivity index (χ4v) is 1.45. The minimum Gasteiger partial charge on any atom is -0.497 e. The molecule has 0 aliphatic rings. The molecular formula is C12H14O5. The lowest BCUT2D eigenvalue weighted by Gasteiger charge is -2.10. The lowest BCUT2D eigenvalue weighted by Crippen LogP contribution is -2.27. The Labute approximate surface area is 99.0 Å². The minimum absolute atomic E-state index is 0.0825. The number of ether oxygens (including phenoxy) is 2. The van der Waals surface area contributed by atoms with E-state index < -0.39 is 17.9 Å². The quantitative estimate of drug-likeness (QED) is 0.614. The summed E-state index contributed by atoms with van der Waals surface area (Å²) in [7, 11) is 2.69. The summed E-state index contributed by atoms with van der Waals surface area (Å²) in [5.41, 5.74) is 0.710. The van der Waals surface area contributed by atoms with Crippen molar-refractivity contribution in [1.82, 2.24) is 0 Å². The molecule has 92 valence electrons. The van der Waals surface area contributed by atoms with Crippen molar-refractivity contribution >= 4 is 11.9 Å². The van der Waals surface area contributed by atoms with E-state index in [2.05, 4.69) is 4.74 Å². The van der Waals surface area contributed by atoms with Gasteiger partial charge in [0.15, 0.2) is 5.92 Å². The number of hydrogen-bond donors (Lipinski definition) is 1. The number of aliphatic carboxylic acids is 1. The standard InChI is InChI=1S/C12H14O5/c1-16-9-5-3-4-8(6-9)7-10(11(13)14)12(15)17-2/h3-6,10H,7H2,1-2H3,(H,13,14). The molecule has 1 atom stereocenters. The number of benzene rings is 1. The Morgan fingerprint density at radius 3 is 2.59 bits per heavy atom. The van der Waals surface area contributed by atoms with E-state index in [-0.39, 0.29) is 6.42 Å². The van der Waals surface area contributed by atoms with E-state index in [1.54, 1.807) is 24.3 Å². The molecule has 0 aromatic heterocycles. The fraction of sp³-hybridized carbons (Fsp3) is 0.333. The molecule has 17 heavy (non-hydrogen) atoms. The first-order valence-electron chi connectivity index (χ1n) is 5.02. The summed E-state index contributed by atoms with van der Waals surface area (Å²) in [6.45, 7) is 0. The zero-order chi connectivity index (χ0) is 12.8. The van der Waals surface area contributed by atoms with Crippen LogP contribution in [0.15, 0.2) is 24.3 Å². The molecule has 0 bridgehead atoms. The van der Waals surface area contributed by atoms with Crippen molar-refractivity contribution in [2.24, 2.45) is 5.92 Å². The van der Waals surface area contributed by atoms with E-state index in [0.29, 0.717) is 11.3 Å².